The molecular weight excluding hydrogens is 282 g/mol. The van der Waals surface area contributed by atoms with Gasteiger partial charge in [0.15, 0.2) is 0 Å². The fraction of sp³-hybridized carbons (Fsp3) is 0.588. The van der Waals surface area contributed by atoms with E-state index in [2.05, 4.69) is 4.90 Å². The summed E-state index contributed by atoms with van der Waals surface area (Å²) >= 11 is 0. The highest BCUT2D eigenvalue weighted by Crippen LogP contribution is 2.30. The Hall–Kier alpha value is -1.59. The Balaban J connectivity index is 2.13. The molecule has 0 amide bonds. The molecule has 3 N–H and O–H groups in total. The van der Waals surface area contributed by atoms with Crippen LogP contribution in [0.1, 0.15) is 31.7 Å². The summed E-state index contributed by atoms with van der Waals surface area (Å²) in [5, 5.41) is 28.7. The average molecular weight is 307 g/mol. The summed E-state index contributed by atoms with van der Waals surface area (Å²) in [6.07, 6.45) is 2.66. The molecule has 1 atom stereocenters. The van der Waals surface area contributed by atoms with Gasteiger partial charge < -0.3 is 15.3 Å². The van der Waals surface area contributed by atoms with Gasteiger partial charge in [-0.1, -0.05) is 19.1 Å². The molecule has 0 aromatic heterocycles. The summed E-state index contributed by atoms with van der Waals surface area (Å²) in [4.78, 5) is 13.3. The number of benzene rings is 1. The number of carboxylic acids is 1. The molecule has 1 aliphatic rings. The quantitative estimate of drug-likeness (QED) is 0.747. The van der Waals surface area contributed by atoms with Gasteiger partial charge in [-0.3, -0.25) is 9.69 Å². The summed E-state index contributed by atoms with van der Waals surface area (Å²) < 4.78 is 0. The molecule has 0 radical (unpaired) electrons. The van der Waals surface area contributed by atoms with Crippen LogP contribution < -0.4 is 0 Å². The maximum atomic E-state index is 11.1. The number of aliphatic carboxylic acids is 1. The van der Waals surface area contributed by atoms with Gasteiger partial charge in [0, 0.05) is 5.54 Å². The van der Waals surface area contributed by atoms with Crippen molar-refractivity contribution >= 4 is 5.97 Å². The molecular formula is C17H25NO4. The van der Waals surface area contributed by atoms with Crippen molar-refractivity contribution in [2.45, 2.75) is 38.1 Å². The van der Waals surface area contributed by atoms with Crippen molar-refractivity contribution in [1.82, 2.24) is 4.90 Å². The van der Waals surface area contributed by atoms with E-state index in [-0.39, 0.29) is 18.3 Å². The van der Waals surface area contributed by atoms with E-state index in [4.69, 9.17) is 5.11 Å². The van der Waals surface area contributed by atoms with Gasteiger partial charge >= 0.3 is 5.97 Å². The number of phenolic OH excluding ortho intramolecular Hbond substituents is 1. The van der Waals surface area contributed by atoms with Crippen LogP contribution in [-0.2, 0) is 11.2 Å². The summed E-state index contributed by atoms with van der Waals surface area (Å²) in [6.45, 7) is 3.44. The van der Waals surface area contributed by atoms with Crippen molar-refractivity contribution in [2.75, 3.05) is 19.7 Å². The second-order valence-electron chi connectivity index (χ2n) is 6.18. The zero-order valence-corrected chi connectivity index (χ0v) is 13.0. The lowest BCUT2D eigenvalue weighted by molar-refractivity contribution is -0.144. The second-order valence-corrected chi connectivity index (χ2v) is 6.18. The molecule has 122 valence electrons. The third-order valence-corrected chi connectivity index (χ3v) is 4.91. The van der Waals surface area contributed by atoms with Crippen LogP contribution in [0.2, 0.25) is 0 Å². The van der Waals surface area contributed by atoms with Gasteiger partial charge in [0.1, 0.15) is 5.75 Å². The van der Waals surface area contributed by atoms with Crippen LogP contribution in [-0.4, -0.2) is 51.4 Å². The topological polar surface area (TPSA) is 81.0 Å². The highest BCUT2D eigenvalue weighted by Gasteiger charge is 2.38. The maximum Gasteiger partial charge on any atom is 0.306 e. The fourth-order valence-electron chi connectivity index (χ4n) is 3.38. The van der Waals surface area contributed by atoms with Crippen molar-refractivity contribution < 1.29 is 20.1 Å². The number of aliphatic hydroxyl groups excluding tert-OH is 1. The average Bonchev–Trinajstić information content (AvgIpc) is 2.53. The van der Waals surface area contributed by atoms with E-state index in [0.717, 1.165) is 12.0 Å². The Morgan fingerprint density at radius 3 is 2.55 bits per heavy atom. The third kappa shape index (κ3) is 3.59. The van der Waals surface area contributed by atoms with Gasteiger partial charge in [-0.15, -0.1) is 0 Å². The zero-order chi connectivity index (χ0) is 16.2. The van der Waals surface area contributed by atoms with E-state index >= 15 is 0 Å². The number of likely N-dealkylation sites (tertiary alicyclic amines) is 1. The van der Waals surface area contributed by atoms with Crippen LogP contribution in [0, 0.1) is 5.92 Å². The first-order valence-corrected chi connectivity index (χ1v) is 7.87. The number of carboxylic acid groups (broad SMARTS) is 1. The van der Waals surface area contributed by atoms with Crippen molar-refractivity contribution in [1.29, 1.82) is 0 Å². The molecule has 22 heavy (non-hydrogen) atoms. The minimum atomic E-state index is -0.723. The lowest BCUT2D eigenvalue weighted by Gasteiger charge is -2.45. The SMILES string of the molecule is CCC(CO)(Cc1cccc(O)c1)N1CCC(C(=O)O)CC1. The van der Waals surface area contributed by atoms with Gasteiger partial charge in [0.2, 0.25) is 0 Å². The number of aliphatic hydroxyl groups is 1. The monoisotopic (exact) mass is 307 g/mol. The van der Waals surface area contributed by atoms with Crippen LogP contribution in [0.4, 0.5) is 0 Å². The van der Waals surface area contributed by atoms with E-state index in [1.54, 1.807) is 18.2 Å². The summed E-state index contributed by atoms with van der Waals surface area (Å²) in [7, 11) is 0. The highest BCUT2D eigenvalue weighted by atomic mass is 16.4. The summed E-state index contributed by atoms with van der Waals surface area (Å²) in [6, 6.07) is 7.11. The molecule has 0 saturated carbocycles. The number of carbonyl (C=O) groups is 1. The van der Waals surface area contributed by atoms with Gasteiger partial charge in [-0.2, -0.15) is 0 Å². The second kappa shape index (κ2) is 7.11. The molecule has 5 nitrogen and oxygen atoms in total. The van der Waals surface area contributed by atoms with Crippen molar-refractivity contribution in [3.8, 4) is 5.75 Å². The van der Waals surface area contributed by atoms with Crippen molar-refractivity contribution in [3.05, 3.63) is 29.8 Å². The number of aromatic hydroxyl groups is 1. The largest absolute Gasteiger partial charge is 0.508 e. The number of piperidine rings is 1. The molecule has 1 unspecified atom stereocenters. The fourth-order valence-corrected chi connectivity index (χ4v) is 3.38. The summed E-state index contributed by atoms with van der Waals surface area (Å²) in [5.41, 5.74) is 0.591. The minimum Gasteiger partial charge on any atom is -0.508 e. The Morgan fingerprint density at radius 2 is 2.05 bits per heavy atom. The van der Waals surface area contributed by atoms with E-state index in [0.29, 0.717) is 32.4 Å². The molecule has 5 heteroatoms. The first-order valence-electron chi connectivity index (χ1n) is 7.87. The first-order chi connectivity index (χ1) is 10.5. The highest BCUT2D eigenvalue weighted by molar-refractivity contribution is 5.70. The Labute approximate surface area is 131 Å². The van der Waals surface area contributed by atoms with Crippen LogP contribution in [0.25, 0.3) is 0 Å². The Bertz CT molecular complexity index is 505. The molecule has 1 saturated heterocycles. The third-order valence-electron chi connectivity index (χ3n) is 4.91. The van der Waals surface area contributed by atoms with Crippen LogP contribution in [0.5, 0.6) is 5.75 Å². The summed E-state index contributed by atoms with van der Waals surface area (Å²) in [5.74, 6) is -0.769. The lowest BCUT2D eigenvalue weighted by Crippen LogP contribution is -2.56. The zero-order valence-electron chi connectivity index (χ0n) is 13.0. The standard InChI is InChI=1S/C17H25NO4/c1-2-17(12-19,11-13-4-3-5-15(20)10-13)18-8-6-14(7-9-18)16(21)22/h3-5,10,14,19-20H,2,6-9,11-12H2,1H3,(H,21,22). The van der Waals surface area contributed by atoms with Gasteiger partial charge in [0.05, 0.1) is 12.5 Å². The number of hydrogen-bond acceptors (Lipinski definition) is 4. The molecule has 2 rings (SSSR count). The molecule has 1 aromatic carbocycles. The Kier molecular flexibility index (Phi) is 5.42. The maximum absolute atomic E-state index is 11.1. The van der Waals surface area contributed by atoms with Gasteiger partial charge in [-0.25, -0.2) is 0 Å². The van der Waals surface area contributed by atoms with Crippen LogP contribution >= 0.6 is 0 Å². The van der Waals surface area contributed by atoms with Crippen molar-refractivity contribution in [3.63, 3.8) is 0 Å². The molecule has 1 heterocycles. The minimum absolute atomic E-state index is 0.0247. The number of phenols is 1. The number of hydrogen-bond donors (Lipinski definition) is 3. The van der Waals surface area contributed by atoms with E-state index in [9.17, 15) is 15.0 Å². The predicted molar refractivity (Wildman–Crippen MR) is 83.9 cm³/mol. The normalized spacial score (nSPS) is 19.7. The van der Waals surface area contributed by atoms with Gasteiger partial charge in [-0.05, 0) is 56.5 Å². The number of nitrogens with zero attached hydrogens (tertiary/aromatic N) is 1. The van der Waals surface area contributed by atoms with Crippen molar-refractivity contribution in [2.24, 2.45) is 5.92 Å². The molecule has 0 aliphatic carbocycles. The van der Waals surface area contributed by atoms with Crippen LogP contribution in [0.3, 0.4) is 0 Å². The molecule has 1 aromatic rings. The molecule has 1 aliphatic heterocycles. The van der Waals surface area contributed by atoms with E-state index < -0.39 is 11.5 Å². The molecule has 0 bridgehead atoms. The smallest absolute Gasteiger partial charge is 0.306 e. The van der Waals surface area contributed by atoms with E-state index in [1.165, 1.54) is 0 Å². The first kappa shape index (κ1) is 16.8. The molecule has 1 fully saturated rings. The molecule has 0 spiro atoms. The number of rotatable bonds is 6. The van der Waals surface area contributed by atoms with Gasteiger partial charge in [0.25, 0.3) is 0 Å². The predicted octanol–water partition coefficient (Wildman–Crippen LogP) is 1.87. The lowest BCUT2D eigenvalue weighted by atomic mass is 9.84. The van der Waals surface area contributed by atoms with E-state index in [1.807, 2.05) is 13.0 Å². The van der Waals surface area contributed by atoms with Crippen LogP contribution in [0.15, 0.2) is 24.3 Å². The Morgan fingerprint density at radius 1 is 1.36 bits per heavy atom.